The molecule has 0 bridgehead atoms. The lowest BCUT2D eigenvalue weighted by Gasteiger charge is -2.35. The number of fused-ring (bicyclic) bond motifs is 1. The molecule has 0 saturated carbocycles. The smallest absolute Gasteiger partial charge is 0.173 e. The van der Waals surface area contributed by atoms with E-state index in [4.69, 9.17) is 17.0 Å². The van der Waals surface area contributed by atoms with Crippen molar-refractivity contribution in [3.05, 3.63) is 59.7 Å². The van der Waals surface area contributed by atoms with E-state index in [0.717, 1.165) is 23.0 Å². The fourth-order valence-electron chi connectivity index (χ4n) is 3.16. The Hall–Kier alpha value is -2.07. The van der Waals surface area contributed by atoms with E-state index in [-0.39, 0.29) is 0 Å². The summed E-state index contributed by atoms with van der Waals surface area (Å²) in [7, 11) is 3.74. The molecule has 4 heteroatoms. The van der Waals surface area contributed by atoms with Crippen molar-refractivity contribution in [3.63, 3.8) is 0 Å². The molecule has 0 amide bonds. The van der Waals surface area contributed by atoms with Gasteiger partial charge in [0.1, 0.15) is 5.75 Å². The average Bonchev–Trinajstić information content (AvgIpc) is 2.61. The zero-order valence-electron chi connectivity index (χ0n) is 13.6. The van der Waals surface area contributed by atoms with Crippen LogP contribution in [0.1, 0.15) is 30.0 Å². The molecular formula is C19H22N2OS. The van der Waals surface area contributed by atoms with Gasteiger partial charge >= 0.3 is 0 Å². The molecule has 3 rings (SSSR count). The predicted molar refractivity (Wildman–Crippen MR) is 99.1 cm³/mol. The molecule has 0 saturated heterocycles. The maximum Gasteiger partial charge on any atom is 0.173 e. The molecule has 0 unspecified atom stereocenters. The minimum atomic E-state index is 0.346. The molecule has 1 aliphatic rings. The third-order valence-corrected chi connectivity index (χ3v) is 4.86. The highest BCUT2D eigenvalue weighted by molar-refractivity contribution is 7.80. The molecule has 0 spiro atoms. The van der Waals surface area contributed by atoms with Crippen molar-refractivity contribution in [1.82, 2.24) is 4.90 Å². The third kappa shape index (κ3) is 3.48. The van der Waals surface area contributed by atoms with Crippen molar-refractivity contribution in [2.75, 3.05) is 19.5 Å². The first-order valence-electron chi connectivity index (χ1n) is 7.94. The van der Waals surface area contributed by atoms with Crippen LogP contribution in [0.2, 0.25) is 0 Å². The summed E-state index contributed by atoms with van der Waals surface area (Å²) in [6.45, 7) is 0. The van der Waals surface area contributed by atoms with E-state index in [1.807, 2.05) is 24.3 Å². The number of thiocarbonyl (C=S) groups is 1. The SMILES string of the molecule is COc1ccc(NC(=S)N(C)[C@@H]2CCCc3ccccc32)cc1. The predicted octanol–water partition coefficient (Wildman–Crippen LogP) is 4.40. The lowest BCUT2D eigenvalue weighted by molar-refractivity contribution is 0.336. The number of hydrogen-bond donors (Lipinski definition) is 1. The molecule has 0 aliphatic heterocycles. The summed E-state index contributed by atoms with van der Waals surface area (Å²) in [5.74, 6) is 0.844. The molecule has 2 aromatic rings. The van der Waals surface area contributed by atoms with E-state index in [2.05, 4.69) is 41.5 Å². The number of nitrogens with zero attached hydrogens (tertiary/aromatic N) is 1. The van der Waals surface area contributed by atoms with Gasteiger partial charge in [-0.3, -0.25) is 0 Å². The maximum absolute atomic E-state index is 5.61. The highest BCUT2D eigenvalue weighted by atomic mass is 32.1. The minimum Gasteiger partial charge on any atom is -0.497 e. The van der Waals surface area contributed by atoms with Crippen molar-refractivity contribution in [2.45, 2.75) is 25.3 Å². The van der Waals surface area contributed by atoms with E-state index in [1.165, 1.54) is 24.0 Å². The summed E-state index contributed by atoms with van der Waals surface area (Å²) in [6.07, 6.45) is 3.51. The number of hydrogen-bond acceptors (Lipinski definition) is 2. The molecule has 0 heterocycles. The molecule has 2 aromatic carbocycles. The van der Waals surface area contributed by atoms with E-state index in [1.54, 1.807) is 7.11 Å². The van der Waals surface area contributed by atoms with E-state index in [0.29, 0.717) is 6.04 Å². The monoisotopic (exact) mass is 326 g/mol. The summed E-state index contributed by atoms with van der Waals surface area (Å²) < 4.78 is 5.18. The fourth-order valence-corrected chi connectivity index (χ4v) is 3.40. The van der Waals surface area contributed by atoms with Crippen LogP contribution in [0.25, 0.3) is 0 Å². The number of nitrogens with one attached hydrogen (secondary N) is 1. The standard InChI is InChI=1S/C19H22N2OS/c1-21(18-9-5-7-14-6-3-4-8-17(14)18)19(23)20-15-10-12-16(22-2)13-11-15/h3-4,6,8,10-13,18H,5,7,9H2,1-2H3,(H,20,23)/t18-/m1/s1. The number of benzene rings is 2. The Labute approximate surface area is 143 Å². The van der Waals surface area contributed by atoms with Crippen LogP contribution in [0.5, 0.6) is 5.75 Å². The molecule has 1 N–H and O–H groups in total. The van der Waals surface area contributed by atoms with Gasteiger partial charge in [-0.2, -0.15) is 0 Å². The first-order valence-corrected chi connectivity index (χ1v) is 8.35. The van der Waals surface area contributed by atoms with Crippen molar-refractivity contribution < 1.29 is 4.74 Å². The van der Waals surface area contributed by atoms with Gasteiger partial charge in [0.25, 0.3) is 0 Å². The Morgan fingerprint density at radius 1 is 1.17 bits per heavy atom. The Bertz CT molecular complexity index is 684. The van der Waals surface area contributed by atoms with Crippen LogP contribution in [0, 0.1) is 0 Å². The maximum atomic E-state index is 5.61. The first kappa shape index (κ1) is 15.8. The minimum absolute atomic E-state index is 0.346. The van der Waals surface area contributed by atoms with E-state index >= 15 is 0 Å². The van der Waals surface area contributed by atoms with E-state index in [9.17, 15) is 0 Å². The van der Waals surface area contributed by atoms with Crippen molar-refractivity contribution in [1.29, 1.82) is 0 Å². The Balaban J connectivity index is 1.72. The quantitative estimate of drug-likeness (QED) is 0.845. The first-order chi connectivity index (χ1) is 11.2. The second kappa shape index (κ2) is 7.01. The van der Waals surface area contributed by atoms with Gasteiger partial charge in [-0.1, -0.05) is 24.3 Å². The van der Waals surface area contributed by atoms with Crippen LogP contribution in [0.4, 0.5) is 5.69 Å². The topological polar surface area (TPSA) is 24.5 Å². The molecular weight excluding hydrogens is 304 g/mol. The highest BCUT2D eigenvalue weighted by Gasteiger charge is 2.24. The number of methoxy groups -OCH3 is 1. The average molecular weight is 326 g/mol. The zero-order valence-corrected chi connectivity index (χ0v) is 14.4. The lowest BCUT2D eigenvalue weighted by atomic mass is 9.87. The third-order valence-electron chi connectivity index (χ3n) is 4.47. The summed E-state index contributed by atoms with van der Waals surface area (Å²) >= 11 is 5.61. The van der Waals surface area contributed by atoms with Gasteiger partial charge in [-0.15, -0.1) is 0 Å². The summed E-state index contributed by atoms with van der Waals surface area (Å²) in [6, 6.07) is 16.9. The van der Waals surface area contributed by atoms with Crippen LogP contribution in [0.3, 0.4) is 0 Å². The van der Waals surface area contributed by atoms with Gasteiger partial charge in [0.15, 0.2) is 5.11 Å². The fraction of sp³-hybridized carbons (Fsp3) is 0.316. The molecule has 0 aromatic heterocycles. The molecule has 23 heavy (non-hydrogen) atoms. The van der Waals surface area contributed by atoms with Crippen molar-refractivity contribution in [3.8, 4) is 5.75 Å². The van der Waals surface area contributed by atoms with Crippen LogP contribution < -0.4 is 10.1 Å². The van der Waals surface area contributed by atoms with Gasteiger partial charge in [0.05, 0.1) is 13.2 Å². The summed E-state index contributed by atoms with van der Waals surface area (Å²) in [5, 5.41) is 4.07. The second-order valence-corrected chi connectivity index (χ2v) is 6.26. The van der Waals surface area contributed by atoms with Gasteiger partial charge in [-0.25, -0.2) is 0 Å². The number of rotatable bonds is 3. The van der Waals surface area contributed by atoms with Gasteiger partial charge in [0.2, 0.25) is 0 Å². The molecule has 3 nitrogen and oxygen atoms in total. The lowest BCUT2D eigenvalue weighted by Crippen LogP contribution is -2.36. The molecule has 0 radical (unpaired) electrons. The Morgan fingerprint density at radius 2 is 1.91 bits per heavy atom. The molecule has 0 fully saturated rings. The normalized spacial score (nSPS) is 16.3. The number of ether oxygens (including phenoxy) is 1. The number of anilines is 1. The summed E-state index contributed by atoms with van der Waals surface area (Å²) in [5.41, 5.74) is 3.83. The highest BCUT2D eigenvalue weighted by Crippen LogP contribution is 2.33. The largest absolute Gasteiger partial charge is 0.497 e. The summed E-state index contributed by atoms with van der Waals surface area (Å²) in [4.78, 5) is 2.18. The van der Waals surface area contributed by atoms with Gasteiger partial charge < -0.3 is 15.0 Å². The Morgan fingerprint density at radius 3 is 2.65 bits per heavy atom. The van der Waals surface area contributed by atoms with E-state index < -0.39 is 0 Å². The van der Waals surface area contributed by atoms with Crippen LogP contribution in [-0.4, -0.2) is 24.2 Å². The van der Waals surface area contributed by atoms with Crippen molar-refractivity contribution in [2.24, 2.45) is 0 Å². The van der Waals surface area contributed by atoms with Crippen LogP contribution in [0.15, 0.2) is 48.5 Å². The molecule has 1 atom stereocenters. The van der Waals surface area contributed by atoms with Gasteiger partial charge in [-0.05, 0) is 66.9 Å². The van der Waals surface area contributed by atoms with Crippen LogP contribution >= 0.6 is 12.2 Å². The Kier molecular flexibility index (Phi) is 4.82. The van der Waals surface area contributed by atoms with Gasteiger partial charge in [0, 0.05) is 12.7 Å². The zero-order chi connectivity index (χ0) is 16.2. The van der Waals surface area contributed by atoms with Crippen LogP contribution in [-0.2, 0) is 6.42 Å². The molecule has 1 aliphatic carbocycles. The van der Waals surface area contributed by atoms with Crippen molar-refractivity contribution >= 4 is 23.0 Å². The molecule has 120 valence electrons. The second-order valence-electron chi connectivity index (χ2n) is 5.88. The number of aryl methyl sites for hydroxylation is 1.